The minimum absolute atomic E-state index is 0.249. The molecular formula is C12H12FN3O. The topological polar surface area (TPSA) is 47.0 Å². The number of hydrogen-bond donors (Lipinski definition) is 1. The van der Waals surface area contributed by atoms with Crippen LogP contribution < -0.4 is 10.1 Å². The maximum absolute atomic E-state index is 12.9. The van der Waals surface area contributed by atoms with E-state index in [-0.39, 0.29) is 5.82 Å². The smallest absolute Gasteiger partial charge is 0.233 e. The molecule has 0 fully saturated rings. The molecule has 0 aliphatic rings. The molecule has 17 heavy (non-hydrogen) atoms. The lowest BCUT2D eigenvalue weighted by Crippen LogP contribution is -2.02. The lowest BCUT2D eigenvalue weighted by atomic mass is 10.2. The van der Waals surface area contributed by atoms with Gasteiger partial charge in [-0.1, -0.05) is 12.1 Å². The number of aromatic nitrogens is 2. The van der Waals surface area contributed by atoms with Crippen molar-refractivity contribution in [3.63, 3.8) is 0 Å². The molecule has 1 heterocycles. The third kappa shape index (κ3) is 3.14. The Morgan fingerprint density at radius 3 is 3.00 bits per heavy atom. The largest absolute Gasteiger partial charge is 0.480 e. The molecule has 2 rings (SSSR count). The van der Waals surface area contributed by atoms with E-state index in [1.54, 1.807) is 12.3 Å². The molecule has 0 bridgehead atoms. The molecule has 0 aliphatic carbocycles. The van der Waals surface area contributed by atoms with Crippen molar-refractivity contribution < 1.29 is 9.13 Å². The molecular weight excluding hydrogens is 221 g/mol. The van der Waals surface area contributed by atoms with Crippen molar-refractivity contribution in [3.05, 3.63) is 48.0 Å². The number of nitrogens with zero attached hydrogens (tertiary/aromatic N) is 2. The van der Waals surface area contributed by atoms with E-state index >= 15 is 0 Å². The summed E-state index contributed by atoms with van der Waals surface area (Å²) in [7, 11) is 1.53. The van der Waals surface area contributed by atoms with Gasteiger partial charge in [-0.25, -0.2) is 4.39 Å². The molecule has 0 amide bonds. The van der Waals surface area contributed by atoms with E-state index in [1.807, 2.05) is 6.07 Å². The Bertz CT molecular complexity index is 505. The molecule has 88 valence electrons. The Labute approximate surface area is 98.5 Å². The molecule has 1 N–H and O–H groups in total. The second-order valence-corrected chi connectivity index (χ2v) is 3.43. The van der Waals surface area contributed by atoms with Crippen LogP contribution in [0.5, 0.6) is 5.88 Å². The molecule has 0 aliphatic heterocycles. The van der Waals surface area contributed by atoms with E-state index in [2.05, 4.69) is 15.3 Å². The van der Waals surface area contributed by atoms with E-state index in [4.69, 9.17) is 4.74 Å². The van der Waals surface area contributed by atoms with Gasteiger partial charge in [-0.3, -0.25) is 4.98 Å². The van der Waals surface area contributed by atoms with Gasteiger partial charge in [0.15, 0.2) is 0 Å². The number of rotatable bonds is 4. The molecule has 4 nitrogen and oxygen atoms in total. The van der Waals surface area contributed by atoms with Crippen LogP contribution in [0, 0.1) is 5.82 Å². The Balaban J connectivity index is 2.02. The predicted molar refractivity (Wildman–Crippen MR) is 62.3 cm³/mol. The van der Waals surface area contributed by atoms with Gasteiger partial charge in [0.05, 0.1) is 19.5 Å². The molecule has 0 atom stereocenters. The summed E-state index contributed by atoms with van der Waals surface area (Å²) < 4.78 is 17.9. The summed E-state index contributed by atoms with van der Waals surface area (Å²) in [5.74, 6) is 0.781. The zero-order valence-corrected chi connectivity index (χ0v) is 9.35. The predicted octanol–water partition coefficient (Wildman–Crippen LogP) is 2.24. The van der Waals surface area contributed by atoms with Crippen molar-refractivity contribution in [3.8, 4) is 5.88 Å². The number of ether oxygens (including phenoxy) is 1. The van der Waals surface area contributed by atoms with E-state index in [1.165, 1.54) is 25.4 Å². The summed E-state index contributed by atoms with van der Waals surface area (Å²) in [5.41, 5.74) is 0.842. The fourth-order valence-electron chi connectivity index (χ4n) is 1.37. The third-order valence-electron chi connectivity index (χ3n) is 2.18. The average Bonchev–Trinajstić information content (AvgIpc) is 2.37. The van der Waals surface area contributed by atoms with Gasteiger partial charge in [0.2, 0.25) is 5.88 Å². The number of methoxy groups -OCH3 is 1. The fraction of sp³-hybridized carbons (Fsp3) is 0.167. The summed E-state index contributed by atoms with van der Waals surface area (Å²) in [6.07, 6.45) is 3.11. The first kappa shape index (κ1) is 11.3. The van der Waals surface area contributed by atoms with E-state index in [0.717, 1.165) is 5.56 Å². The number of hydrogen-bond acceptors (Lipinski definition) is 4. The van der Waals surface area contributed by atoms with Crippen LogP contribution in [-0.2, 0) is 6.54 Å². The molecule has 0 saturated heterocycles. The van der Waals surface area contributed by atoms with Crippen LogP contribution in [0.25, 0.3) is 0 Å². The Morgan fingerprint density at radius 2 is 2.24 bits per heavy atom. The normalized spacial score (nSPS) is 10.0. The fourth-order valence-corrected chi connectivity index (χ4v) is 1.37. The van der Waals surface area contributed by atoms with Crippen molar-refractivity contribution >= 4 is 5.82 Å². The standard InChI is InChI=1S/C12H12FN3O/c1-17-12-8-14-7-11(16-12)15-6-9-3-2-4-10(13)5-9/h2-5,7-8H,6H2,1H3,(H,15,16). The number of benzene rings is 1. The molecule has 1 aromatic heterocycles. The van der Waals surface area contributed by atoms with Crippen LogP contribution in [-0.4, -0.2) is 17.1 Å². The van der Waals surface area contributed by atoms with E-state index in [0.29, 0.717) is 18.2 Å². The Kier molecular flexibility index (Phi) is 3.49. The zero-order chi connectivity index (χ0) is 12.1. The third-order valence-corrected chi connectivity index (χ3v) is 2.18. The quantitative estimate of drug-likeness (QED) is 0.879. The molecule has 0 radical (unpaired) electrons. The van der Waals surface area contributed by atoms with Crippen LogP contribution in [0.2, 0.25) is 0 Å². The van der Waals surface area contributed by atoms with Gasteiger partial charge in [-0.2, -0.15) is 4.98 Å². The van der Waals surface area contributed by atoms with Crippen LogP contribution in [0.1, 0.15) is 5.56 Å². The summed E-state index contributed by atoms with van der Waals surface area (Å²) in [6, 6.07) is 6.39. The first-order valence-electron chi connectivity index (χ1n) is 5.12. The SMILES string of the molecule is COc1cncc(NCc2cccc(F)c2)n1. The second-order valence-electron chi connectivity index (χ2n) is 3.43. The second kappa shape index (κ2) is 5.25. The van der Waals surface area contributed by atoms with Crippen molar-refractivity contribution in [1.29, 1.82) is 0 Å². The lowest BCUT2D eigenvalue weighted by Gasteiger charge is -2.06. The van der Waals surface area contributed by atoms with Gasteiger partial charge < -0.3 is 10.1 Å². The zero-order valence-electron chi connectivity index (χ0n) is 9.35. The summed E-state index contributed by atoms with van der Waals surface area (Å²) in [6.45, 7) is 0.486. The van der Waals surface area contributed by atoms with Gasteiger partial charge >= 0.3 is 0 Å². The molecule has 0 unspecified atom stereocenters. The monoisotopic (exact) mass is 233 g/mol. The molecule has 0 saturated carbocycles. The lowest BCUT2D eigenvalue weighted by molar-refractivity contribution is 0.396. The summed E-state index contributed by atoms with van der Waals surface area (Å²) in [4.78, 5) is 8.10. The average molecular weight is 233 g/mol. The van der Waals surface area contributed by atoms with Gasteiger partial charge in [0, 0.05) is 6.54 Å². The van der Waals surface area contributed by atoms with Gasteiger partial charge in [-0.15, -0.1) is 0 Å². The van der Waals surface area contributed by atoms with Crippen LogP contribution in [0.3, 0.4) is 0 Å². The van der Waals surface area contributed by atoms with Crippen molar-refractivity contribution in [2.75, 3.05) is 12.4 Å². The molecule has 2 aromatic rings. The highest BCUT2D eigenvalue weighted by atomic mass is 19.1. The molecule has 1 aromatic carbocycles. The van der Waals surface area contributed by atoms with Gasteiger partial charge in [0.1, 0.15) is 11.6 Å². The van der Waals surface area contributed by atoms with Gasteiger partial charge in [0.25, 0.3) is 0 Å². The van der Waals surface area contributed by atoms with Crippen molar-refractivity contribution in [1.82, 2.24) is 9.97 Å². The highest BCUT2D eigenvalue weighted by molar-refractivity contribution is 5.34. The minimum Gasteiger partial charge on any atom is -0.480 e. The molecule has 0 spiro atoms. The number of anilines is 1. The summed E-state index contributed by atoms with van der Waals surface area (Å²) in [5, 5.41) is 3.04. The van der Waals surface area contributed by atoms with E-state index < -0.39 is 0 Å². The maximum atomic E-state index is 12.9. The van der Waals surface area contributed by atoms with Gasteiger partial charge in [-0.05, 0) is 17.7 Å². The minimum atomic E-state index is -0.249. The maximum Gasteiger partial charge on any atom is 0.233 e. The Morgan fingerprint density at radius 1 is 1.35 bits per heavy atom. The highest BCUT2D eigenvalue weighted by Crippen LogP contribution is 2.10. The molecule has 5 heteroatoms. The first-order chi connectivity index (χ1) is 8.28. The first-order valence-corrected chi connectivity index (χ1v) is 5.12. The summed E-state index contributed by atoms with van der Waals surface area (Å²) >= 11 is 0. The highest BCUT2D eigenvalue weighted by Gasteiger charge is 1.99. The number of nitrogens with one attached hydrogen (secondary N) is 1. The van der Waals surface area contributed by atoms with Crippen molar-refractivity contribution in [2.45, 2.75) is 6.54 Å². The Hall–Kier alpha value is -2.17. The number of halogens is 1. The van der Waals surface area contributed by atoms with Crippen LogP contribution in [0.15, 0.2) is 36.7 Å². The van der Waals surface area contributed by atoms with Crippen molar-refractivity contribution in [2.24, 2.45) is 0 Å². The van der Waals surface area contributed by atoms with Crippen LogP contribution >= 0.6 is 0 Å². The van der Waals surface area contributed by atoms with E-state index in [9.17, 15) is 4.39 Å². The van der Waals surface area contributed by atoms with Crippen LogP contribution in [0.4, 0.5) is 10.2 Å².